The molecule has 98 valence electrons. The van der Waals surface area contributed by atoms with Gasteiger partial charge >= 0.3 is 0 Å². The molecule has 0 spiro atoms. The Morgan fingerprint density at radius 3 is 2.78 bits per heavy atom. The van der Waals surface area contributed by atoms with Gasteiger partial charge in [0.1, 0.15) is 0 Å². The van der Waals surface area contributed by atoms with Crippen molar-refractivity contribution in [1.82, 2.24) is 19.6 Å². The largest absolute Gasteiger partial charge is 0.394 e. The van der Waals surface area contributed by atoms with Crippen LogP contribution in [-0.2, 0) is 13.1 Å². The van der Waals surface area contributed by atoms with Crippen molar-refractivity contribution in [3.8, 4) is 0 Å². The Kier molecular flexibility index (Phi) is 3.99. The molecule has 0 unspecified atom stereocenters. The molecule has 2 heterocycles. The average Bonchev–Trinajstić information content (AvgIpc) is 2.95. The quantitative estimate of drug-likeness (QED) is 0.809. The minimum absolute atomic E-state index is 0.107. The molecular formula is C12H19N5O. The van der Waals surface area contributed by atoms with Crippen LogP contribution in [0.4, 0.5) is 5.69 Å². The zero-order valence-electron chi connectivity index (χ0n) is 10.7. The Labute approximate surface area is 106 Å². The second-order valence-corrected chi connectivity index (χ2v) is 4.49. The molecule has 6 nitrogen and oxygen atoms in total. The fourth-order valence-corrected chi connectivity index (χ4v) is 1.64. The lowest BCUT2D eigenvalue weighted by Crippen LogP contribution is -2.02. The molecule has 0 aliphatic carbocycles. The Morgan fingerprint density at radius 1 is 1.28 bits per heavy atom. The Bertz CT molecular complexity index is 488. The maximum Gasteiger partial charge on any atom is 0.0729 e. The molecule has 0 fully saturated rings. The SMILES string of the molecule is CC(C)n1cc(NCc2cnn(CCO)c2)cn1. The van der Waals surface area contributed by atoms with Gasteiger partial charge in [-0.1, -0.05) is 0 Å². The van der Waals surface area contributed by atoms with Crippen LogP contribution in [0.15, 0.2) is 24.8 Å². The van der Waals surface area contributed by atoms with Crippen LogP contribution in [0.3, 0.4) is 0 Å². The van der Waals surface area contributed by atoms with E-state index in [1.807, 2.05) is 23.3 Å². The van der Waals surface area contributed by atoms with E-state index in [2.05, 4.69) is 29.4 Å². The van der Waals surface area contributed by atoms with E-state index in [4.69, 9.17) is 5.11 Å². The molecular weight excluding hydrogens is 230 g/mol. The summed E-state index contributed by atoms with van der Waals surface area (Å²) in [6, 6.07) is 0.368. The van der Waals surface area contributed by atoms with E-state index >= 15 is 0 Å². The van der Waals surface area contributed by atoms with Crippen LogP contribution in [-0.4, -0.2) is 31.3 Å². The number of nitrogens with zero attached hydrogens (tertiary/aromatic N) is 4. The van der Waals surface area contributed by atoms with Crippen molar-refractivity contribution in [2.45, 2.75) is 33.0 Å². The monoisotopic (exact) mass is 249 g/mol. The average molecular weight is 249 g/mol. The first-order valence-corrected chi connectivity index (χ1v) is 6.09. The Hall–Kier alpha value is -1.82. The maximum absolute atomic E-state index is 8.80. The first kappa shape index (κ1) is 12.6. The molecule has 2 aromatic rings. The zero-order valence-corrected chi connectivity index (χ0v) is 10.7. The first-order valence-electron chi connectivity index (χ1n) is 6.09. The van der Waals surface area contributed by atoms with Gasteiger partial charge in [0.05, 0.1) is 31.2 Å². The normalized spacial score (nSPS) is 11.1. The third-order valence-corrected chi connectivity index (χ3v) is 2.64. The van der Waals surface area contributed by atoms with E-state index in [9.17, 15) is 0 Å². The highest BCUT2D eigenvalue weighted by Crippen LogP contribution is 2.11. The predicted molar refractivity (Wildman–Crippen MR) is 69.3 cm³/mol. The lowest BCUT2D eigenvalue weighted by molar-refractivity contribution is 0.269. The number of aromatic nitrogens is 4. The fourth-order valence-electron chi connectivity index (χ4n) is 1.64. The van der Waals surface area contributed by atoms with Crippen molar-refractivity contribution in [3.63, 3.8) is 0 Å². The van der Waals surface area contributed by atoms with E-state index in [0.29, 0.717) is 19.1 Å². The number of aliphatic hydroxyl groups is 1. The van der Waals surface area contributed by atoms with Crippen LogP contribution in [0.25, 0.3) is 0 Å². The predicted octanol–water partition coefficient (Wildman–Crippen LogP) is 1.26. The summed E-state index contributed by atoms with van der Waals surface area (Å²) in [5, 5.41) is 20.5. The molecule has 2 N–H and O–H groups in total. The molecule has 0 bridgehead atoms. The van der Waals surface area contributed by atoms with Crippen molar-refractivity contribution in [2.24, 2.45) is 0 Å². The molecule has 0 saturated carbocycles. The summed E-state index contributed by atoms with van der Waals surface area (Å²) in [7, 11) is 0. The van der Waals surface area contributed by atoms with Crippen molar-refractivity contribution in [2.75, 3.05) is 11.9 Å². The molecule has 0 aliphatic heterocycles. The third kappa shape index (κ3) is 3.10. The summed E-state index contributed by atoms with van der Waals surface area (Å²) in [5.74, 6) is 0. The molecule has 6 heteroatoms. The highest BCUT2D eigenvalue weighted by molar-refractivity contribution is 5.38. The van der Waals surface area contributed by atoms with Gasteiger partial charge in [0.15, 0.2) is 0 Å². The van der Waals surface area contributed by atoms with Gasteiger partial charge in [-0.2, -0.15) is 10.2 Å². The lowest BCUT2D eigenvalue weighted by atomic mass is 10.3. The van der Waals surface area contributed by atoms with Crippen LogP contribution in [0.1, 0.15) is 25.5 Å². The molecule has 0 radical (unpaired) electrons. The number of aliphatic hydroxyl groups excluding tert-OH is 1. The molecule has 0 saturated heterocycles. The summed E-state index contributed by atoms with van der Waals surface area (Å²) in [6.45, 7) is 5.53. The summed E-state index contributed by atoms with van der Waals surface area (Å²) < 4.78 is 3.64. The second kappa shape index (κ2) is 5.68. The van der Waals surface area contributed by atoms with Crippen LogP contribution < -0.4 is 5.32 Å². The zero-order chi connectivity index (χ0) is 13.0. The summed E-state index contributed by atoms with van der Waals surface area (Å²) in [6.07, 6.45) is 7.53. The van der Waals surface area contributed by atoms with E-state index in [1.165, 1.54) is 0 Å². The lowest BCUT2D eigenvalue weighted by Gasteiger charge is -2.03. The van der Waals surface area contributed by atoms with Gasteiger partial charge in [0, 0.05) is 30.5 Å². The summed E-state index contributed by atoms with van der Waals surface area (Å²) in [4.78, 5) is 0. The van der Waals surface area contributed by atoms with Gasteiger partial charge < -0.3 is 10.4 Å². The Balaban J connectivity index is 1.89. The number of hydrogen-bond acceptors (Lipinski definition) is 4. The minimum atomic E-state index is 0.107. The van der Waals surface area contributed by atoms with Gasteiger partial charge in [-0.3, -0.25) is 9.36 Å². The highest BCUT2D eigenvalue weighted by Gasteiger charge is 2.02. The summed E-state index contributed by atoms with van der Waals surface area (Å²) in [5.41, 5.74) is 2.08. The topological polar surface area (TPSA) is 67.9 Å². The smallest absolute Gasteiger partial charge is 0.0729 e. The van der Waals surface area contributed by atoms with Crippen LogP contribution in [0.2, 0.25) is 0 Å². The molecule has 2 aromatic heterocycles. The number of rotatable bonds is 6. The van der Waals surface area contributed by atoms with Crippen molar-refractivity contribution >= 4 is 5.69 Å². The molecule has 0 aromatic carbocycles. The molecule has 0 atom stereocenters. The van der Waals surface area contributed by atoms with E-state index in [-0.39, 0.29) is 6.61 Å². The minimum Gasteiger partial charge on any atom is -0.394 e. The Morgan fingerprint density at radius 2 is 2.11 bits per heavy atom. The molecule has 18 heavy (non-hydrogen) atoms. The van der Waals surface area contributed by atoms with Gasteiger partial charge in [-0.15, -0.1) is 0 Å². The fraction of sp³-hybridized carbons (Fsp3) is 0.500. The summed E-state index contributed by atoms with van der Waals surface area (Å²) >= 11 is 0. The van der Waals surface area contributed by atoms with E-state index in [1.54, 1.807) is 10.9 Å². The van der Waals surface area contributed by atoms with E-state index < -0.39 is 0 Å². The van der Waals surface area contributed by atoms with E-state index in [0.717, 1.165) is 11.3 Å². The van der Waals surface area contributed by atoms with Gasteiger partial charge in [-0.05, 0) is 13.8 Å². The highest BCUT2D eigenvalue weighted by atomic mass is 16.3. The molecule has 0 amide bonds. The third-order valence-electron chi connectivity index (χ3n) is 2.64. The van der Waals surface area contributed by atoms with Crippen LogP contribution in [0, 0.1) is 0 Å². The first-order chi connectivity index (χ1) is 8.69. The van der Waals surface area contributed by atoms with Gasteiger partial charge in [0.2, 0.25) is 0 Å². The van der Waals surface area contributed by atoms with Crippen LogP contribution in [0.5, 0.6) is 0 Å². The maximum atomic E-state index is 8.80. The van der Waals surface area contributed by atoms with Crippen molar-refractivity contribution in [3.05, 3.63) is 30.4 Å². The van der Waals surface area contributed by atoms with Crippen molar-refractivity contribution < 1.29 is 5.11 Å². The standard InChI is InChI=1S/C12H19N5O/c1-10(2)17-9-12(7-15-17)13-5-11-6-14-16(8-11)3-4-18/h6-10,13,18H,3-5H2,1-2H3. The molecule has 0 aliphatic rings. The van der Waals surface area contributed by atoms with Crippen LogP contribution >= 0.6 is 0 Å². The number of nitrogens with one attached hydrogen (secondary N) is 1. The molecule has 2 rings (SSSR count). The van der Waals surface area contributed by atoms with Gasteiger partial charge in [-0.25, -0.2) is 0 Å². The number of hydrogen-bond donors (Lipinski definition) is 2. The number of anilines is 1. The second-order valence-electron chi connectivity index (χ2n) is 4.49. The van der Waals surface area contributed by atoms with Crippen molar-refractivity contribution in [1.29, 1.82) is 0 Å². The van der Waals surface area contributed by atoms with Gasteiger partial charge in [0.25, 0.3) is 0 Å².